The fourth-order valence-electron chi connectivity index (χ4n) is 7.91. The van der Waals surface area contributed by atoms with Crippen molar-refractivity contribution in [1.29, 1.82) is 0 Å². The maximum atomic E-state index is 10.8. The van der Waals surface area contributed by atoms with E-state index in [1.165, 1.54) is 22.3 Å². The molecule has 2 aromatic carbocycles. The number of benzene rings is 2. The molecule has 0 unspecified atom stereocenters. The molecule has 6 atom stereocenters. The minimum Gasteiger partial charge on any atom is -0.386 e. The largest absolute Gasteiger partial charge is 0.386 e. The van der Waals surface area contributed by atoms with Crippen LogP contribution < -0.4 is 0 Å². The number of aryl methyl sites for hydroxylation is 2. The minimum atomic E-state index is -0.560. The zero-order valence-corrected chi connectivity index (χ0v) is 23.7. The van der Waals surface area contributed by atoms with Gasteiger partial charge >= 0.3 is 0 Å². The molecule has 44 heavy (non-hydrogen) atoms. The third-order valence-corrected chi connectivity index (χ3v) is 9.91. The van der Waals surface area contributed by atoms with Gasteiger partial charge in [-0.05, 0) is 24.0 Å². The molecule has 12 nitrogen and oxygen atoms in total. The Hall–Kier alpha value is -4.94. The summed E-state index contributed by atoms with van der Waals surface area (Å²) >= 11 is 0. The van der Waals surface area contributed by atoms with Crippen molar-refractivity contribution in [2.45, 2.75) is 50.2 Å². The van der Waals surface area contributed by atoms with Crippen LogP contribution in [0.15, 0.2) is 86.0 Å². The first-order valence-electron chi connectivity index (χ1n) is 15.0. The van der Waals surface area contributed by atoms with Gasteiger partial charge in [-0.3, -0.25) is 0 Å². The average Bonchev–Trinajstić information content (AvgIpc) is 3.88. The number of hydrogen-bond donors (Lipinski definition) is 2. The van der Waals surface area contributed by atoms with Gasteiger partial charge < -0.3 is 19.3 Å². The van der Waals surface area contributed by atoms with Gasteiger partial charge in [0.2, 0.25) is 0 Å². The van der Waals surface area contributed by atoms with E-state index < -0.39 is 12.2 Å². The summed E-state index contributed by atoms with van der Waals surface area (Å²) in [7, 11) is 0. The molecule has 2 N–H and O–H groups in total. The van der Waals surface area contributed by atoms with E-state index in [0.717, 1.165) is 48.7 Å². The van der Waals surface area contributed by atoms with Crippen LogP contribution in [0.5, 0.6) is 0 Å². The summed E-state index contributed by atoms with van der Waals surface area (Å²) in [5, 5.41) is 37.6. The molecule has 220 valence electrons. The van der Waals surface area contributed by atoms with E-state index in [0.29, 0.717) is 0 Å². The van der Waals surface area contributed by atoms with E-state index in [1.807, 2.05) is 25.0 Å². The second kappa shape index (κ2) is 9.79. The highest BCUT2D eigenvalue weighted by atomic mass is 16.3. The van der Waals surface area contributed by atoms with Crippen LogP contribution in [0.2, 0.25) is 0 Å². The Morgan fingerprint density at radius 1 is 0.591 bits per heavy atom. The molecule has 0 amide bonds. The van der Waals surface area contributed by atoms with Gasteiger partial charge in [0, 0.05) is 36.1 Å². The van der Waals surface area contributed by atoms with Crippen molar-refractivity contribution in [1.82, 2.24) is 49.1 Å². The summed E-state index contributed by atoms with van der Waals surface area (Å²) < 4.78 is 7.99. The molecule has 0 aliphatic carbocycles. The average molecular weight is 587 g/mol. The monoisotopic (exact) mass is 586 g/mol. The lowest BCUT2D eigenvalue weighted by Gasteiger charge is -2.33. The van der Waals surface area contributed by atoms with Crippen LogP contribution in [-0.2, 0) is 13.1 Å². The van der Waals surface area contributed by atoms with Crippen LogP contribution in [0.25, 0.3) is 22.5 Å². The Balaban J connectivity index is 0.000000123. The van der Waals surface area contributed by atoms with Crippen molar-refractivity contribution in [3.63, 3.8) is 0 Å². The molecule has 12 heteroatoms. The first-order valence-corrected chi connectivity index (χ1v) is 15.0. The molecular formula is C32H30N10O2. The molecule has 0 fully saturated rings. The molecular weight excluding hydrogens is 556 g/mol. The summed E-state index contributed by atoms with van der Waals surface area (Å²) in [4.78, 5) is 8.60. The first kappa shape index (κ1) is 25.5. The Kier molecular flexibility index (Phi) is 5.69. The fourth-order valence-corrected chi connectivity index (χ4v) is 7.91. The SMILES string of the molecule is O[C@@H]1c2cnnn2CC[C@H]1[C@H]1c2ccccc2-c2cncn21.O[C@H]1c2cnnn2CC[C@@H]1[C@@H]1c2ccccc2-c2cncn21. The third kappa shape index (κ3) is 3.64. The Labute approximate surface area is 252 Å². The molecule has 10 rings (SSSR count). The van der Waals surface area contributed by atoms with Crippen LogP contribution >= 0.6 is 0 Å². The standard InChI is InChI=1S/2C16H15N5O/c2*22-16-12(5-6-21-14(16)8-18-19-21)15-11-4-2-1-3-10(11)13-7-17-9-20(13)15/h2*1-4,7-9,12,15-16,22H,5-6H2/t2*12-,15+,16-/m10/s1. The zero-order chi connectivity index (χ0) is 29.4. The van der Waals surface area contributed by atoms with Crippen molar-refractivity contribution >= 4 is 0 Å². The molecule has 0 radical (unpaired) electrons. The van der Waals surface area contributed by atoms with Gasteiger partial charge in [-0.15, -0.1) is 10.2 Å². The summed E-state index contributed by atoms with van der Waals surface area (Å²) in [6.45, 7) is 1.58. The summed E-state index contributed by atoms with van der Waals surface area (Å²) in [6, 6.07) is 17.0. The Morgan fingerprint density at radius 2 is 1.05 bits per heavy atom. The van der Waals surface area contributed by atoms with Gasteiger partial charge in [-0.1, -0.05) is 59.0 Å². The lowest BCUT2D eigenvalue weighted by Crippen LogP contribution is -2.31. The van der Waals surface area contributed by atoms with E-state index >= 15 is 0 Å². The number of aliphatic hydroxyl groups is 2. The van der Waals surface area contributed by atoms with Crippen LogP contribution in [0.4, 0.5) is 0 Å². The van der Waals surface area contributed by atoms with Gasteiger partial charge in [0.15, 0.2) is 0 Å². The lowest BCUT2D eigenvalue weighted by molar-refractivity contribution is 0.0523. The van der Waals surface area contributed by atoms with Crippen molar-refractivity contribution in [3.8, 4) is 22.5 Å². The Bertz CT molecular complexity index is 1850. The van der Waals surface area contributed by atoms with E-state index in [1.54, 1.807) is 21.8 Å². The number of aliphatic hydroxyl groups excluding tert-OH is 2. The van der Waals surface area contributed by atoms with Crippen molar-refractivity contribution < 1.29 is 10.2 Å². The molecule has 0 saturated heterocycles. The summed E-state index contributed by atoms with van der Waals surface area (Å²) in [5.41, 5.74) is 8.85. The molecule has 0 saturated carbocycles. The first-order chi connectivity index (χ1) is 21.7. The summed E-state index contributed by atoms with van der Waals surface area (Å²) in [5.74, 6) is 0.199. The number of imidazole rings is 2. The van der Waals surface area contributed by atoms with Gasteiger partial charge in [-0.2, -0.15) is 0 Å². The second-order valence-corrected chi connectivity index (χ2v) is 12.0. The van der Waals surface area contributed by atoms with Crippen LogP contribution in [0, 0.1) is 11.8 Å². The van der Waals surface area contributed by atoms with Gasteiger partial charge in [0.25, 0.3) is 0 Å². The molecule has 4 aromatic heterocycles. The van der Waals surface area contributed by atoms with E-state index in [-0.39, 0.29) is 23.9 Å². The Morgan fingerprint density at radius 3 is 1.52 bits per heavy atom. The topological polar surface area (TPSA) is 138 Å². The van der Waals surface area contributed by atoms with Crippen LogP contribution in [0.3, 0.4) is 0 Å². The maximum absolute atomic E-state index is 10.8. The lowest BCUT2D eigenvalue weighted by atomic mass is 9.83. The highest BCUT2D eigenvalue weighted by Gasteiger charge is 2.42. The minimum absolute atomic E-state index is 0.0996. The normalized spacial score (nSPS) is 25.6. The molecule has 4 aliphatic heterocycles. The maximum Gasteiger partial charge on any atom is 0.102 e. The number of nitrogens with zero attached hydrogens (tertiary/aromatic N) is 10. The molecule has 0 bridgehead atoms. The van der Waals surface area contributed by atoms with Gasteiger partial charge in [0.1, 0.15) is 12.2 Å². The third-order valence-electron chi connectivity index (χ3n) is 9.91. The quantitative estimate of drug-likeness (QED) is 0.314. The zero-order valence-electron chi connectivity index (χ0n) is 23.7. The van der Waals surface area contributed by atoms with E-state index in [9.17, 15) is 10.2 Å². The van der Waals surface area contributed by atoms with E-state index in [2.05, 4.69) is 88.3 Å². The predicted octanol–water partition coefficient (Wildman–Crippen LogP) is 3.60. The molecule has 6 aromatic rings. The molecule has 8 heterocycles. The number of fused-ring (bicyclic) bond motifs is 8. The number of hydrogen-bond acceptors (Lipinski definition) is 8. The van der Waals surface area contributed by atoms with E-state index in [4.69, 9.17) is 0 Å². The number of rotatable bonds is 2. The smallest absolute Gasteiger partial charge is 0.102 e. The highest BCUT2D eigenvalue weighted by Crippen LogP contribution is 2.50. The van der Waals surface area contributed by atoms with Crippen LogP contribution in [0.1, 0.15) is 59.6 Å². The van der Waals surface area contributed by atoms with Crippen molar-refractivity contribution in [2.24, 2.45) is 11.8 Å². The van der Waals surface area contributed by atoms with Crippen LogP contribution in [-0.4, -0.2) is 59.3 Å². The van der Waals surface area contributed by atoms with Gasteiger partial charge in [0.05, 0.1) is 72.3 Å². The number of aromatic nitrogens is 10. The predicted molar refractivity (Wildman–Crippen MR) is 158 cm³/mol. The summed E-state index contributed by atoms with van der Waals surface area (Å²) in [6.07, 6.45) is 11.5. The highest BCUT2D eigenvalue weighted by molar-refractivity contribution is 5.70. The van der Waals surface area contributed by atoms with Crippen molar-refractivity contribution in [2.75, 3.05) is 0 Å². The van der Waals surface area contributed by atoms with Gasteiger partial charge in [-0.25, -0.2) is 19.3 Å². The van der Waals surface area contributed by atoms with Crippen molar-refractivity contribution in [3.05, 3.63) is 108 Å². The molecule has 4 aliphatic rings. The fraction of sp³-hybridized carbons (Fsp3) is 0.312. The second-order valence-electron chi connectivity index (χ2n) is 12.0. The molecule has 0 spiro atoms.